The molecule has 2 aromatic rings. The van der Waals surface area contributed by atoms with E-state index in [1.54, 1.807) is 11.3 Å². The summed E-state index contributed by atoms with van der Waals surface area (Å²) in [4.78, 5) is 4.18. The standard InChI is InChI=1S/C13H16N2OS/c1-10-4-2-3-5-12(10)13(16)7-14-6-11-8-17-9-15-11/h2-5,8-9,13-14,16H,6-7H2,1H3. The van der Waals surface area contributed by atoms with E-state index in [1.807, 2.05) is 42.1 Å². The van der Waals surface area contributed by atoms with Crippen LogP contribution in [-0.4, -0.2) is 16.6 Å². The van der Waals surface area contributed by atoms with E-state index in [2.05, 4.69) is 10.3 Å². The minimum atomic E-state index is -0.463. The van der Waals surface area contributed by atoms with Crippen LogP contribution in [0.15, 0.2) is 35.2 Å². The van der Waals surface area contributed by atoms with E-state index in [0.29, 0.717) is 13.1 Å². The van der Waals surface area contributed by atoms with E-state index in [0.717, 1.165) is 16.8 Å². The van der Waals surface area contributed by atoms with Crippen LogP contribution >= 0.6 is 11.3 Å². The number of aromatic nitrogens is 1. The fourth-order valence-electron chi connectivity index (χ4n) is 1.73. The van der Waals surface area contributed by atoms with E-state index in [-0.39, 0.29) is 0 Å². The maximum Gasteiger partial charge on any atom is 0.0917 e. The highest BCUT2D eigenvalue weighted by Gasteiger charge is 2.09. The molecule has 1 unspecified atom stereocenters. The third-order valence-electron chi connectivity index (χ3n) is 2.67. The lowest BCUT2D eigenvalue weighted by molar-refractivity contribution is 0.173. The minimum absolute atomic E-state index is 0.463. The van der Waals surface area contributed by atoms with Gasteiger partial charge < -0.3 is 10.4 Å². The van der Waals surface area contributed by atoms with Crippen molar-refractivity contribution in [3.8, 4) is 0 Å². The van der Waals surface area contributed by atoms with E-state index in [1.165, 1.54) is 0 Å². The number of hydrogen-bond acceptors (Lipinski definition) is 4. The van der Waals surface area contributed by atoms with Crippen LogP contribution < -0.4 is 5.32 Å². The minimum Gasteiger partial charge on any atom is -0.387 e. The van der Waals surface area contributed by atoms with Gasteiger partial charge in [-0.1, -0.05) is 24.3 Å². The Morgan fingerprint density at radius 1 is 1.41 bits per heavy atom. The molecule has 0 saturated heterocycles. The zero-order chi connectivity index (χ0) is 12.1. The van der Waals surface area contributed by atoms with Crippen molar-refractivity contribution in [3.05, 3.63) is 52.0 Å². The summed E-state index contributed by atoms with van der Waals surface area (Å²) in [5.41, 5.74) is 4.94. The number of aliphatic hydroxyl groups excluding tert-OH is 1. The molecule has 0 fully saturated rings. The highest BCUT2D eigenvalue weighted by molar-refractivity contribution is 7.07. The van der Waals surface area contributed by atoms with E-state index in [4.69, 9.17) is 0 Å². The number of rotatable bonds is 5. The summed E-state index contributed by atoms with van der Waals surface area (Å²) in [7, 11) is 0. The van der Waals surface area contributed by atoms with Crippen LogP contribution in [0.25, 0.3) is 0 Å². The Bertz CT molecular complexity index is 456. The average molecular weight is 248 g/mol. The first kappa shape index (κ1) is 12.2. The van der Waals surface area contributed by atoms with Crippen molar-refractivity contribution >= 4 is 11.3 Å². The Morgan fingerprint density at radius 3 is 2.94 bits per heavy atom. The van der Waals surface area contributed by atoms with Gasteiger partial charge >= 0.3 is 0 Å². The van der Waals surface area contributed by atoms with Gasteiger partial charge in [-0.15, -0.1) is 11.3 Å². The summed E-state index contributed by atoms with van der Waals surface area (Å²) in [6.07, 6.45) is -0.463. The van der Waals surface area contributed by atoms with Crippen LogP contribution in [0.3, 0.4) is 0 Å². The van der Waals surface area contributed by atoms with E-state index in [9.17, 15) is 5.11 Å². The lowest BCUT2D eigenvalue weighted by Crippen LogP contribution is -2.21. The third-order valence-corrected chi connectivity index (χ3v) is 3.31. The number of thiazole rings is 1. The maximum absolute atomic E-state index is 10.0. The molecule has 1 atom stereocenters. The monoisotopic (exact) mass is 248 g/mol. The summed E-state index contributed by atoms with van der Waals surface area (Å²) < 4.78 is 0. The fraction of sp³-hybridized carbons (Fsp3) is 0.308. The first-order valence-electron chi connectivity index (χ1n) is 5.59. The highest BCUT2D eigenvalue weighted by atomic mass is 32.1. The molecule has 0 aliphatic rings. The second kappa shape index (κ2) is 5.91. The van der Waals surface area contributed by atoms with Crippen LogP contribution in [0, 0.1) is 6.92 Å². The van der Waals surface area contributed by atoms with Crippen molar-refractivity contribution in [1.82, 2.24) is 10.3 Å². The Morgan fingerprint density at radius 2 is 2.24 bits per heavy atom. The molecule has 2 rings (SSSR count). The van der Waals surface area contributed by atoms with E-state index < -0.39 is 6.10 Å². The Labute approximate surface area is 105 Å². The normalized spacial score (nSPS) is 12.6. The molecule has 17 heavy (non-hydrogen) atoms. The first-order valence-corrected chi connectivity index (χ1v) is 6.53. The van der Waals surface area contributed by atoms with Gasteiger partial charge in [-0.25, -0.2) is 4.98 Å². The highest BCUT2D eigenvalue weighted by Crippen LogP contribution is 2.16. The number of aliphatic hydroxyl groups is 1. The van der Waals surface area contributed by atoms with Crippen LogP contribution in [0.4, 0.5) is 0 Å². The van der Waals surface area contributed by atoms with Crippen LogP contribution in [-0.2, 0) is 6.54 Å². The zero-order valence-electron chi connectivity index (χ0n) is 9.76. The molecule has 0 amide bonds. The van der Waals surface area contributed by atoms with Gasteiger partial charge in [-0.2, -0.15) is 0 Å². The van der Waals surface area contributed by atoms with Crippen LogP contribution in [0.5, 0.6) is 0 Å². The molecular formula is C13H16N2OS. The molecule has 0 aliphatic carbocycles. The SMILES string of the molecule is Cc1ccccc1C(O)CNCc1cscn1. The van der Waals surface area contributed by atoms with Gasteiger partial charge in [0, 0.05) is 18.5 Å². The number of aryl methyl sites for hydroxylation is 1. The molecule has 90 valence electrons. The lowest BCUT2D eigenvalue weighted by atomic mass is 10.0. The van der Waals surface area contributed by atoms with Gasteiger partial charge in [-0.3, -0.25) is 0 Å². The van der Waals surface area contributed by atoms with Gasteiger partial charge in [0.25, 0.3) is 0 Å². The Kier molecular flexibility index (Phi) is 4.25. The molecule has 0 saturated carbocycles. The summed E-state index contributed by atoms with van der Waals surface area (Å²) in [5.74, 6) is 0. The van der Waals surface area contributed by atoms with Crippen molar-refractivity contribution in [2.75, 3.05) is 6.54 Å². The molecule has 4 heteroatoms. The largest absolute Gasteiger partial charge is 0.387 e. The molecule has 1 aromatic heterocycles. The van der Waals surface area contributed by atoms with Crippen molar-refractivity contribution in [2.24, 2.45) is 0 Å². The van der Waals surface area contributed by atoms with Crippen molar-refractivity contribution in [1.29, 1.82) is 0 Å². The molecule has 0 spiro atoms. The van der Waals surface area contributed by atoms with Gasteiger partial charge in [0.1, 0.15) is 0 Å². The quantitative estimate of drug-likeness (QED) is 0.853. The second-order valence-corrected chi connectivity index (χ2v) is 4.70. The molecular weight excluding hydrogens is 232 g/mol. The van der Waals surface area contributed by atoms with Gasteiger partial charge in [0.2, 0.25) is 0 Å². The Hall–Kier alpha value is -1.23. The summed E-state index contributed by atoms with van der Waals surface area (Å²) in [6, 6.07) is 7.91. The Balaban J connectivity index is 1.85. The number of nitrogens with one attached hydrogen (secondary N) is 1. The summed E-state index contributed by atoms with van der Waals surface area (Å²) >= 11 is 1.58. The molecule has 3 nitrogen and oxygen atoms in total. The number of hydrogen-bond donors (Lipinski definition) is 2. The van der Waals surface area contributed by atoms with Gasteiger partial charge in [0.05, 0.1) is 17.3 Å². The van der Waals surface area contributed by atoms with Crippen LogP contribution in [0.1, 0.15) is 22.9 Å². The molecule has 0 aliphatic heterocycles. The maximum atomic E-state index is 10.0. The van der Waals surface area contributed by atoms with Gasteiger partial charge in [0.15, 0.2) is 0 Å². The predicted molar refractivity (Wildman–Crippen MR) is 70.0 cm³/mol. The van der Waals surface area contributed by atoms with E-state index >= 15 is 0 Å². The summed E-state index contributed by atoms with van der Waals surface area (Å²) in [5, 5.41) is 15.3. The molecule has 1 aromatic carbocycles. The molecule has 0 bridgehead atoms. The van der Waals surface area contributed by atoms with Crippen molar-refractivity contribution in [2.45, 2.75) is 19.6 Å². The van der Waals surface area contributed by atoms with Crippen LogP contribution in [0.2, 0.25) is 0 Å². The molecule has 2 N–H and O–H groups in total. The third kappa shape index (κ3) is 3.36. The first-order chi connectivity index (χ1) is 8.27. The smallest absolute Gasteiger partial charge is 0.0917 e. The fourth-order valence-corrected chi connectivity index (χ4v) is 2.29. The number of nitrogens with zero attached hydrogens (tertiary/aromatic N) is 1. The van der Waals surface area contributed by atoms with Gasteiger partial charge in [-0.05, 0) is 18.1 Å². The second-order valence-electron chi connectivity index (χ2n) is 3.98. The predicted octanol–water partition coefficient (Wildman–Crippen LogP) is 2.27. The zero-order valence-corrected chi connectivity index (χ0v) is 10.6. The lowest BCUT2D eigenvalue weighted by Gasteiger charge is -2.13. The average Bonchev–Trinajstić information content (AvgIpc) is 2.82. The molecule has 0 radical (unpaired) electrons. The van der Waals surface area contributed by atoms with Crippen molar-refractivity contribution < 1.29 is 5.11 Å². The van der Waals surface area contributed by atoms with Crippen molar-refractivity contribution in [3.63, 3.8) is 0 Å². The topological polar surface area (TPSA) is 45.1 Å². The number of benzene rings is 1. The summed E-state index contributed by atoms with van der Waals surface area (Å²) in [6.45, 7) is 3.26. The molecule has 1 heterocycles.